The van der Waals surface area contributed by atoms with Crippen molar-refractivity contribution in [3.8, 4) is 0 Å². The number of amides is 1. The number of hydrogen-bond acceptors (Lipinski definition) is 3. The molecule has 1 aliphatic rings. The molecule has 1 unspecified atom stereocenters. The van der Waals surface area contributed by atoms with Gasteiger partial charge < -0.3 is 9.84 Å². The van der Waals surface area contributed by atoms with Crippen LogP contribution in [0, 0.1) is 0 Å². The molecule has 1 aromatic carbocycles. The van der Waals surface area contributed by atoms with Crippen LogP contribution in [0.4, 0.5) is 10.5 Å². The van der Waals surface area contributed by atoms with Gasteiger partial charge in [-0.2, -0.15) is 0 Å². The van der Waals surface area contributed by atoms with Gasteiger partial charge in [0, 0.05) is 17.1 Å². The highest BCUT2D eigenvalue weighted by molar-refractivity contribution is 6.30. The highest BCUT2D eigenvalue weighted by Gasteiger charge is 2.35. The predicted octanol–water partition coefficient (Wildman–Crippen LogP) is 2.14. The lowest BCUT2D eigenvalue weighted by Gasteiger charge is -2.32. The Labute approximate surface area is 103 Å². The van der Waals surface area contributed by atoms with E-state index in [-0.39, 0.29) is 13.0 Å². The lowest BCUT2D eigenvalue weighted by Crippen LogP contribution is -2.50. The lowest BCUT2D eigenvalue weighted by molar-refractivity contribution is -0.139. The summed E-state index contributed by atoms with van der Waals surface area (Å²) < 4.78 is 4.85. The molecule has 90 valence electrons. The van der Waals surface area contributed by atoms with Crippen molar-refractivity contribution in [1.82, 2.24) is 0 Å². The van der Waals surface area contributed by atoms with E-state index in [2.05, 4.69) is 0 Å². The highest BCUT2D eigenvalue weighted by atomic mass is 35.5. The zero-order chi connectivity index (χ0) is 12.4. The standard InChI is InChI=1S/C11H10ClNO4/c12-7-2-1-3-8(6-7)13-9(10(14)15)4-5-17-11(13)16/h1-3,6,9H,4-5H2,(H,14,15). The Morgan fingerprint density at radius 1 is 1.53 bits per heavy atom. The van der Waals surface area contributed by atoms with Crippen LogP contribution in [-0.2, 0) is 9.53 Å². The molecule has 0 aliphatic carbocycles. The highest BCUT2D eigenvalue weighted by Crippen LogP contribution is 2.25. The Balaban J connectivity index is 2.38. The topological polar surface area (TPSA) is 66.8 Å². The number of carboxylic acids is 1. The minimum absolute atomic E-state index is 0.118. The van der Waals surface area contributed by atoms with Crippen LogP contribution in [0.5, 0.6) is 0 Å². The number of halogens is 1. The summed E-state index contributed by atoms with van der Waals surface area (Å²) in [5.41, 5.74) is 0.426. The maximum atomic E-state index is 11.6. The van der Waals surface area contributed by atoms with Gasteiger partial charge in [-0.25, -0.2) is 9.59 Å². The number of cyclic esters (lactones) is 1. The van der Waals surface area contributed by atoms with E-state index >= 15 is 0 Å². The van der Waals surface area contributed by atoms with Crippen LogP contribution in [0.15, 0.2) is 24.3 Å². The van der Waals surface area contributed by atoms with Gasteiger partial charge in [0.05, 0.1) is 6.61 Å². The van der Waals surface area contributed by atoms with E-state index in [1.54, 1.807) is 18.2 Å². The Bertz CT molecular complexity index is 463. The van der Waals surface area contributed by atoms with Gasteiger partial charge in [0.15, 0.2) is 0 Å². The minimum Gasteiger partial charge on any atom is -0.480 e. The third-order valence-corrected chi connectivity index (χ3v) is 2.73. The molecule has 0 spiro atoms. The molecule has 1 aliphatic heterocycles. The van der Waals surface area contributed by atoms with Crippen molar-refractivity contribution in [1.29, 1.82) is 0 Å². The van der Waals surface area contributed by atoms with Crippen molar-refractivity contribution in [3.05, 3.63) is 29.3 Å². The molecule has 1 fully saturated rings. The number of anilines is 1. The van der Waals surface area contributed by atoms with Crippen molar-refractivity contribution < 1.29 is 19.4 Å². The van der Waals surface area contributed by atoms with Crippen molar-refractivity contribution in [2.24, 2.45) is 0 Å². The molecule has 0 radical (unpaired) electrons. The number of carbonyl (C=O) groups excluding carboxylic acids is 1. The van der Waals surface area contributed by atoms with Gasteiger partial charge in [-0.3, -0.25) is 4.90 Å². The number of aliphatic carboxylic acids is 1. The predicted molar refractivity (Wildman–Crippen MR) is 61.3 cm³/mol. The number of rotatable bonds is 2. The fourth-order valence-corrected chi connectivity index (χ4v) is 1.91. The molecule has 2 rings (SSSR count). The number of ether oxygens (including phenoxy) is 1. The number of nitrogens with zero attached hydrogens (tertiary/aromatic N) is 1. The van der Waals surface area contributed by atoms with E-state index in [9.17, 15) is 9.59 Å². The monoisotopic (exact) mass is 255 g/mol. The first-order valence-corrected chi connectivity index (χ1v) is 5.42. The van der Waals surface area contributed by atoms with Gasteiger partial charge in [-0.15, -0.1) is 0 Å². The molecule has 0 aromatic heterocycles. The first-order chi connectivity index (χ1) is 8.09. The Kier molecular flexibility index (Phi) is 3.19. The second kappa shape index (κ2) is 4.63. The van der Waals surface area contributed by atoms with E-state index < -0.39 is 18.1 Å². The van der Waals surface area contributed by atoms with E-state index in [0.29, 0.717) is 10.7 Å². The maximum absolute atomic E-state index is 11.6. The first kappa shape index (κ1) is 11.7. The summed E-state index contributed by atoms with van der Waals surface area (Å²) >= 11 is 5.81. The molecule has 0 saturated carbocycles. The molecule has 0 bridgehead atoms. The number of carboxylic acid groups (broad SMARTS) is 1. The third kappa shape index (κ3) is 2.34. The van der Waals surface area contributed by atoms with Crippen LogP contribution in [-0.4, -0.2) is 29.8 Å². The molecule has 1 saturated heterocycles. The summed E-state index contributed by atoms with van der Waals surface area (Å²) in [6.07, 6.45) is -0.404. The van der Waals surface area contributed by atoms with Gasteiger partial charge in [0.25, 0.3) is 0 Å². The van der Waals surface area contributed by atoms with Gasteiger partial charge >= 0.3 is 12.1 Å². The van der Waals surface area contributed by atoms with Gasteiger partial charge in [-0.05, 0) is 18.2 Å². The van der Waals surface area contributed by atoms with E-state index in [4.69, 9.17) is 21.4 Å². The largest absolute Gasteiger partial charge is 0.480 e. The van der Waals surface area contributed by atoms with Crippen LogP contribution in [0.3, 0.4) is 0 Å². The minimum atomic E-state index is -1.05. The van der Waals surface area contributed by atoms with Gasteiger partial charge in [0.2, 0.25) is 0 Å². The summed E-state index contributed by atoms with van der Waals surface area (Å²) in [7, 11) is 0. The van der Waals surface area contributed by atoms with Crippen LogP contribution >= 0.6 is 11.6 Å². The summed E-state index contributed by atoms with van der Waals surface area (Å²) in [6, 6.07) is 5.54. The Morgan fingerprint density at radius 2 is 2.29 bits per heavy atom. The van der Waals surface area contributed by atoms with Crippen molar-refractivity contribution >= 4 is 29.4 Å². The van der Waals surface area contributed by atoms with Crippen molar-refractivity contribution in [2.75, 3.05) is 11.5 Å². The average molecular weight is 256 g/mol. The van der Waals surface area contributed by atoms with Gasteiger partial charge in [0.1, 0.15) is 6.04 Å². The summed E-state index contributed by atoms with van der Waals surface area (Å²) in [4.78, 5) is 23.8. The molecule has 1 heterocycles. The van der Waals surface area contributed by atoms with Crippen LogP contribution in [0.1, 0.15) is 6.42 Å². The van der Waals surface area contributed by atoms with E-state index in [1.807, 2.05) is 0 Å². The molecule has 1 amide bonds. The molecule has 1 atom stereocenters. The number of benzene rings is 1. The molecule has 5 nitrogen and oxygen atoms in total. The molecular weight excluding hydrogens is 246 g/mol. The smallest absolute Gasteiger partial charge is 0.415 e. The molecule has 1 N–H and O–H groups in total. The maximum Gasteiger partial charge on any atom is 0.415 e. The van der Waals surface area contributed by atoms with Crippen LogP contribution < -0.4 is 4.90 Å². The zero-order valence-electron chi connectivity index (χ0n) is 8.80. The van der Waals surface area contributed by atoms with E-state index in [0.717, 1.165) is 4.90 Å². The third-order valence-electron chi connectivity index (χ3n) is 2.50. The van der Waals surface area contributed by atoms with Crippen LogP contribution in [0.2, 0.25) is 5.02 Å². The number of hydrogen-bond donors (Lipinski definition) is 1. The number of carbonyl (C=O) groups is 2. The fraction of sp³-hybridized carbons (Fsp3) is 0.273. The molecule has 17 heavy (non-hydrogen) atoms. The zero-order valence-corrected chi connectivity index (χ0v) is 9.55. The molecular formula is C11H10ClNO4. The fourth-order valence-electron chi connectivity index (χ4n) is 1.73. The van der Waals surface area contributed by atoms with Crippen LogP contribution in [0.25, 0.3) is 0 Å². The van der Waals surface area contributed by atoms with Gasteiger partial charge in [-0.1, -0.05) is 17.7 Å². The summed E-state index contributed by atoms with van der Waals surface area (Å²) in [5.74, 6) is -1.05. The normalized spacial score (nSPS) is 19.9. The quantitative estimate of drug-likeness (QED) is 0.879. The molecule has 6 heteroatoms. The lowest BCUT2D eigenvalue weighted by atomic mass is 10.1. The SMILES string of the molecule is O=C(O)C1CCOC(=O)N1c1cccc(Cl)c1. The second-order valence-electron chi connectivity index (χ2n) is 3.61. The van der Waals surface area contributed by atoms with Crippen molar-refractivity contribution in [2.45, 2.75) is 12.5 Å². The summed E-state index contributed by atoms with van der Waals surface area (Å²) in [5, 5.41) is 9.51. The second-order valence-corrected chi connectivity index (χ2v) is 4.04. The Morgan fingerprint density at radius 3 is 2.94 bits per heavy atom. The Hall–Kier alpha value is -1.75. The van der Waals surface area contributed by atoms with Crippen molar-refractivity contribution in [3.63, 3.8) is 0 Å². The van der Waals surface area contributed by atoms with E-state index in [1.165, 1.54) is 6.07 Å². The first-order valence-electron chi connectivity index (χ1n) is 5.04. The summed E-state index contributed by atoms with van der Waals surface area (Å²) in [6.45, 7) is 0.118. The average Bonchev–Trinajstić information content (AvgIpc) is 2.28. The molecule has 1 aromatic rings.